The minimum atomic E-state index is 0.250. The lowest BCUT2D eigenvalue weighted by molar-refractivity contribution is 0.413. The highest BCUT2D eigenvalue weighted by molar-refractivity contribution is 6.33. The second-order valence-electron chi connectivity index (χ2n) is 3.60. The van der Waals surface area contributed by atoms with Crippen molar-refractivity contribution in [3.63, 3.8) is 0 Å². The summed E-state index contributed by atoms with van der Waals surface area (Å²) in [5.74, 6) is 0.868. The summed E-state index contributed by atoms with van der Waals surface area (Å²) in [6.07, 6.45) is 1.36. The van der Waals surface area contributed by atoms with Gasteiger partial charge in [0.25, 0.3) is 0 Å². The van der Waals surface area contributed by atoms with E-state index in [1.807, 2.05) is 19.1 Å². The van der Waals surface area contributed by atoms with Crippen molar-refractivity contribution in [3.05, 3.63) is 40.3 Å². The van der Waals surface area contributed by atoms with Crippen molar-refractivity contribution in [1.29, 1.82) is 0 Å². The first kappa shape index (κ1) is 12.9. The maximum Gasteiger partial charge on any atom is 0.199 e. The molecule has 0 amide bonds. The smallest absolute Gasteiger partial charge is 0.199 e. The average molecular weight is 284 g/mol. The number of aromatic nitrogens is 2. The van der Waals surface area contributed by atoms with Crippen LogP contribution in [-0.2, 0) is 0 Å². The summed E-state index contributed by atoms with van der Waals surface area (Å²) >= 11 is 12.1. The van der Waals surface area contributed by atoms with Crippen LogP contribution in [0.5, 0.6) is 5.75 Å². The molecule has 1 aromatic heterocycles. The first-order valence-electron chi connectivity index (χ1n) is 5.20. The van der Waals surface area contributed by atoms with Crippen molar-refractivity contribution in [2.75, 3.05) is 12.4 Å². The number of para-hydroxylation sites is 1. The van der Waals surface area contributed by atoms with Crippen molar-refractivity contribution in [1.82, 2.24) is 9.97 Å². The number of rotatable bonds is 3. The first-order valence-corrected chi connectivity index (χ1v) is 5.95. The van der Waals surface area contributed by atoms with Crippen molar-refractivity contribution in [2.24, 2.45) is 0 Å². The van der Waals surface area contributed by atoms with E-state index in [4.69, 9.17) is 27.9 Å². The van der Waals surface area contributed by atoms with Crippen LogP contribution in [0.1, 0.15) is 5.56 Å². The summed E-state index contributed by atoms with van der Waals surface area (Å²) in [5, 5.41) is 3.96. The van der Waals surface area contributed by atoms with E-state index in [2.05, 4.69) is 15.3 Å². The van der Waals surface area contributed by atoms with Crippen molar-refractivity contribution >= 4 is 34.7 Å². The van der Waals surface area contributed by atoms with E-state index in [1.165, 1.54) is 13.4 Å². The van der Waals surface area contributed by atoms with Gasteiger partial charge in [0.1, 0.15) is 6.33 Å². The molecule has 1 N–H and O–H groups in total. The van der Waals surface area contributed by atoms with Crippen LogP contribution in [0.4, 0.5) is 11.5 Å². The van der Waals surface area contributed by atoms with E-state index in [1.54, 1.807) is 6.07 Å². The molecule has 1 aromatic carbocycles. The van der Waals surface area contributed by atoms with E-state index in [0.29, 0.717) is 16.6 Å². The average Bonchev–Trinajstić information content (AvgIpc) is 2.34. The number of nitrogens with zero attached hydrogens (tertiary/aromatic N) is 2. The summed E-state index contributed by atoms with van der Waals surface area (Å²) in [6.45, 7) is 1.95. The van der Waals surface area contributed by atoms with E-state index >= 15 is 0 Å². The van der Waals surface area contributed by atoms with Crippen LogP contribution in [0.2, 0.25) is 10.2 Å². The number of nitrogens with one attached hydrogen (secondary N) is 1. The van der Waals surface area contributed by atoms with E-state index in [9.17, 15) is 0 Å². The van der Waals surface area contributed by atoms with Gasteiger partial charge >= 0.3 is 0 Å². The van der Waals surface area contributed by atoms with Crippen LogP contribution in [0.25, 0.3) is 0 Å². The molecule has 94 valence electrons. The van der Waals surface area contributed by atoms with E-state index < -0.39 is 0 Å². The van der Waals surface area contributed by atoms with Gasteiger partial charge in [-0.2, -0.15) is 0 Å². The Kier molecular flexibility index (Phi) is 3.89. The number of hydrogen-bond donors (Lipinski definition) is 1. The molecule has 0 aliphatic carbocycles. The van der Waals surface area contributed by atoms with E-state index in [-0.39, 0.29) is 5.15 Å². The van der Waals surface area contributed by atoms with Crippen molar-refractivity contribution in [3.8, 4) is 5.75 Å². The summed E-state index contributed by atoms with van der Waals surface area (Å²) < 4.78 is 5.17. The summed E-state index contributed by atoms with van der Waals surface area (Å²) in [6, 6.07) is 5.63. The van der Waals surface area contributed by atoms with Gasteiger partial charge in [0.15, 0.2) is 16.7 Å². The van der Waals surface area contributed by atoms with Crippen LogP contribution < -0.4 is 10.1 Å². The third-order valence-corrected chi connectivity index (χ3v) is 3.01. The maximum atomic E-state index is 6.14. The fourth-order valence-corrected chi connectivity index (χ4v) is 2.01. The highest BCUT2D eigenvalue weighted by Crippen LogP contribution is 2.34. The quantitative estimate of drug-likeness (QED) is 0.870. The molecule has 0 bridgehead atoms. The van der Waals surface area contributed by atoms with E-state index in [0.717, 1.165) is 11.3 Å². The molecular weight excluding hydrogens is 273 g/mol. The molecule has 0 aliphatic heterocycles. The second-order valence-corrected chi connectivity index (χ2v) is 4.37. The monoisotopic (exact) mass is 283 g/mol. The van der Waals surface area contributed by atoms with Crippen LogP contribution in [0, 0.1) is 6.92 Å². The minimum Gasteiger partial charge on any atom is -0.490 e. The van der Waals surface area contributed by atoms with Gasteiger partial charge in [-0.05, 0) is 18.6 Å². The lowest BCUT2D eigenvalue weighted by Crippen LogP contribution is -2.01. The number of benzene rings is 1. The predicted molar refractivity (Wildman–Crippen MR) is 73.1 cm³/mol. The van der Waals surface area contributed by atoms with Crippen LogP contribution >= 0.6 is 23.2 Å². The van der Waals surface area contributed by atoms with Gasteiger partial charge in [-0.1, -0.05) is 35.3 Å². The number of anilines is 2. The number of aryl methyl sites for hydroxylation is 1. The molecule has 1 heterocycles. The third kappa shape index (κ3) is 2.49. The lowest BCUT2D eigenvalue weighted by atomic mass is 10.2. The van der Waals surface area contributed by atoms with Gasteiger partial charge in [0.05, 0.1) is 17.8 Å². The molecule has 6 heteroatoms. The Morgan fingerprint density at radius 3 is 2.67 bits per heavy atom. The summed E-state index contributed by atoms with van der Waals surface area (Å²) in [5.41, 5.74) is 1.77. The maximum absolute atomic E-state index is 6.14. The van der Waals surface area contributed by atoms with Gasteiger partial charge in [-0.25, -0.2) is 9.97 Å². The molecule has 2 rings (SSSR count). The molecule has 0 saturated heterocycles. The Labute approximate surface area is 115 Å². The van der Waals surface area contributed by atoms with Gasteiger partial charge < -0.3 is 10.1 Å². The topological polar surface area (TPSA) is 47.0 Å². The molecular formula is C12H11Cl2N3O. The number of ether oxygens (including phenoxy) is 1. The second kappa shape index (κ2) is 5.42. The zero-order valence-corrected chi connectivity index (χ0v) is 11.4. The fraction of sp³-hybridized carbons (Fsp3) is 0.167. The number of methoxy groups -OCH3 is 1. The normalized spacial score (nSPS) is 10.2. The molecule has 18 heavy (non-hydrogen) atoms. The Morgan fingerprint density at radius 1 is 1.22 bits per heavy atom. The lowest BCUT2D eigenvalue weighted by Gasteiger charge is -2.13. The minimum absolute atomic E-state index is 0.250. The van der Waals surface area contributed by atoms with Crippen molar-refractivity contribution < 1.29 is 4.74 Å². The molecule has 0 saturated carbocycles. The molecule has 0 atom stereocenters. The number of halogens is 2. The molecule has 4 nitrogen and oxygen atoms in total. The molecule has 0 unspecified atom stereocenters. The van der Waals surface area contributed by atoms with Gasteiger partial charge in [-0.3, -0.25) is 0 Å². The molecule has 2 aromatic rings. The predicted octanol–water partition coefficient (Wildman–Crippen LogP) is 3.84. The zero-order chi connectivity index (χ0) is 13.1. The molecule has 0 radical (unpaired) electrons. The Bertz CT molecular complexity index is 555. The molecule has 0 aliphatic rings. The Balaban J connectivity index is 2.43. The summed E-state index contributed by atoms with van der Waals surface area (Å²) in [4.78, 5) is 7.95. The highest BCUT2D eigenvalue weighted by atomic mass is 35.5. The first-order chi connectivity index (χ1) is 8.63. The third-order valence-electron chi connectivity index (χ3n) is 2.43. The van der Waals surface area contributed by atoms with Gasteiger partial charge in [-0.15, -0.1) is 0 Å². The Morgan fingerprint density at radius 2 is 2.00 bits per heavy atom. The Hall–Kier alpha value is -1.52. The SMILES string of the molecule is COc1c(Cl)ncnc1Nc1c(C)cccc1Cl. The van der Waals surface area contributed by atoms with Crippen LogP contribution in [0.3, 0.4) is 0 Å². The van der Waals surface area contributed by atoms with Gasteiger partial charge in [0.2, 0.25) is 0 Å². The van der Waals surface area contributed by atoms with Gasteiger partial charge in [0, 0.05) is 0 Å². The van der Waals surface area contributed by atoms with Crippen LogP contribution in [-0.4, -0.2) is 17.1 Å². The fourth-order valence-electron chi connectivity index (χ4n) is 1.53. The standard InChI is InChI=1S/C12H11Cl2N3O/c1-7-4-3-5-8(13)9(7)17-12-10(18-2)11(14)15-6-16-12/h3-6H,1-2H3,(H,15,16,17). The highest BCUT2D eigenvalue weighted by Gasteiger charge is 2.12. The zero-order valence-electron chi connectivity index (χ0n) is 9.87. The largest absolute Gasteiger partial charge is 0.490 e. The number of hydrogen-bond acceptors (Lipinski definition) is 4. The summed E-state index contributed by atoms with van der Waals surface area (Å²) in [7, 11) is 1.51. The molecule has 0 fully saturated rings. The van der Waals surface area contributed by atoms with Crippen molar-refractivity contribution in [2.45, 2.75) is 6.92 Å². The molecule has 0 spiro atoms. The van der Waals surface area contributed by atoms with Crippen LogP contribution in [0.15, 0.2) is 24.5 Å².